The van der Waals surface area contributed by atoms with E-state index in [2.05, 4.69) is 50.8 Å². The van der Waals surface area contributed by atoms with Gasteiger partial charge < -0.3 is 19.0 Å². The summed E-state index contributed by atoms with van der Waals surface area (Å²) in [7, 11) is 0. The minimum atomic E-state index is -0.339. The average Bonchev–Trinajstić information content (AvgIpc) is 3.31. The molecule has 7 heteroatoms. The first-order valence-electron chi connectivity index (χ1n) is 11.9. The predicted molar refractivity (Wildman–Crippen MR) is 129 cm³/mol. The summed E-state index contributed by atoms with van der Waals surface area (Å²) >= 11 is 0. The van der Waals surface area contributed by atoms with Crippen LogP contribution in [0.1, 0.15) is 60.4 Å². The fourth-order valence-corrected chi connectivity index (χ4v) is 5.07. The number of rotatable bonds is 4. The molecule has 0 N–H and O–H groups in total. The van der Waals surface area contributed by atoms with Gasteiger partial charge in [-0.3, -0.25) is 4.79 Å². The van der Waals surface area contributed by atoms with E-state index in [0.29, 0.717) is 43.8 Å². The number of nitrogens with zero attached hydrogens (tertiary/aromatic N) is 4. The third kappa shape index (κ3) is 3.82. The number of carbonyl (C=O) groups excluding carboxylic acids is 1. The van der Waals surface area contributed by atoms with Crippen molar-refractivity contribution in [1.82, 2.24) is 9.88 Å². The standard InChI is InChI=1S/C27H30N4O3/c1-17(2)23-14-30(9-10-31(23)26(32)19-8-11-33-15-19)25-21(13-28)20-12-27(3,4)34-16-22(20)24(29-25)18-6-5-7-18/h5-8,11,15,17,23H,9-10,12,14,16H2,1-4H3. The van der Waals surface area contributed by atoms with Crippen LogP contribution in [-0.4, -0.2) is 47.1 Å². The summed E-state index contributed by atoms with van der Waals surface area (Å²) in [6.45, 7) is 10.6. The number of ether oxygens (including phenoxy) is 1. The number of furan rings is 1. The molecule has 1 atom stereocenters. The number of piperazine rings is 1. The summed E-state index contributed by atoms with van der Waals surface area (Å²) in [6.07, 6.45) is 9.80. The van der Waals surface area contributed by atoms with E-state index in [0.717, 1.165) is 28.2 Å². The van der Waals surface area contributed by atoms with Crippen LogP contribution in [0.4, 0.5) is 5.82 Å². The van der Waals surface area contributed by atoms with Gasteiger partial charge in [-0.1, -0.05) is 32.1 Å². The molecule has 1 saturated heterocycles. The summed E-state index contributed by atoms with van der Waals surface area (Å²) < 4.78 is 11.2. The second-order valence-corrected chi connectivity index (χ2v) is 10.2. The molecule has 2 aromatic heterocycles. The lowest BCUT2D eigenvalue weighted by atomic mass is 9.85. The van der Waals surface area contributed by atoms with E-state index in [-0.39, 0.29) is 23.5 Å². The molecule has 0 radical (unpaired) electrons. The van der Waals surface area contributed by atoms with Gasteiger partial charge in [-0.25, -0.2) is 4.98 Å². The number of amides is 1. The minimum absolute atomic E-state index is 0.00781. The highest BCUT2D eigenvalue weighted by atomic mass is 16.5. The van der Waals surface area contributed by atoms with E-state index >= 15 is 0 Å². The molecule has 176 valence electrons. The number of aromatic nitrogens is 1. The van der Waals surface area contributed by atoms with Crippen LogP contribution in [0.25, 0.3) is 5.57 Å². The summed E-state index contributed by atoms with van der Waals surface area (Å²) in [5.41, 5.74) is 4.89. The fourth-order valence-electron chi connectivity index (χ4n) is 5.07. The van der Waals surface area contributed by atoms with Crippen molar-refractivity contribution in [3.05, 3.63) is 64.8 Å². The lowest BCUT2D eigenvalue weighted by molar-refractivity contribution is -0.0404. The van der Waals surface area contributed by atoms with Crippen LogP contribution in [-0.2, 0) is 17.8 Å². The monoisotopic (exact) mass is 458 g/mol. The Morgan fingerprint density at radius 2 is 2.09 bits per heavy atom. The lowest BCUT2D eigenvalue weighted by Crippen LogP contribution is -2.57. The number of hydrogen-bond donors (Lipinski definition) is 0. The molecule has 0 aromatic carbocycles. The van der Waals surface area contributed by atoms with Crippen LogP contribution in [0.5, 0.6) is 0 Å². The Labute approximate surface area is 200 Å². The number of allylic oxidation sites excluding steroid dienone is 4. The SMILES string of the molecule is CC(C)C1CN(c2nc(C3=CC=C3)c3c(c2C#N)CC(C)(C)OC3)CCN1C(=O)c1ccoc1. The maximum absolute atomic E-state index is 13.1. The maximum Gasteiger partial charge on any atom is 0.257 e. The molecule has 1 unspecified atom stereocenters. The van der Waals surface area contributed by atoms with Gasteiger partial charge in [0.15, 0.2) is 0 Å². The van der Waals surface area contributed by atoms with Crippen molar-refractivity contribution in [1.29, 1.82) is 5.26 Å². The van der Waals surface area contributed by atoms with Crippen LogP contribution in [0.3, 0.4) is 0 Å². The second kappa shape index (κ2) is 8.44. The van der Waals surface area contributed by atoms with Crippen LogP contribution in [0.2, 0.25) is 0 Å². The molecule has 2 aromatic rings. The molecule has 1 amide bonds. The first-order chi connectivity index (χ1) is 16.3. The van der Waals surface area contributed by atoms with Crippen molar-refractivity contribution >= 4 is 17.3 Å². The zero-order valence-electron chi connectivity index (χ0n) is 20.2. The van der Waals surface area contributed by atoms with Crippen molar-refractivity contribution in [2.24, 2.45) is 5.92 Å². The third-order valence-electron chi connectivity index (χ3n) is 7.06. The number of hydrogen-bond acceptors (Lipinski definition) is 6. The van der Waals surface area contributed by atoms with Gasteiger partial charge in [0.2, 0.25) is 0 Å². The predicted octanol–water partition coefficient (Wildman–Crippen LogP) is 4.34. The van der Waals surface area contributed by atoms with Gasteiger partial charge in [0.05, 0.1) is 41.3 Å². The summed E-state index contributed by atoms with van der Waals surface area (Å²) in [5, 5.41) is 10.3. The van der Waals surface area contributed by atoms with E-state index < -0.39 is 0 Å². The molecular formula is C27H30N4O3. The molecule has 2 aliphatic heterocycles. The summed E-state index contributed by atoms with van der Waals surface area (Å²) in [6, 6.07) is 4.17. The Morgan fingerprint density at radius 3 is 2.71 bits per heavy atom. The Balaban J connectivity index is 1.54. The number of fused-ring (bicyclic) bond motifs is 1. The summed E-state index contributed by atoms with van der Waals surface area (Å²) in [4.78, 5) is 22.3. The molecule has 34 heavy (non-hydrogen) atoms. The Morgan fingerprint density at radius 1 is 1.29 bits per heavy atom. The number of nitriles is 1. The second-order valence-electron chi connectivity index (χ2n) is 10.2. The van der Waals surface area contributed by atoms with Gasteiger partial charge in [0, 0.05) is 37.2 Å². The van der Waals surface area contributed by atoms with Crippen LogP contribution >= 0.6 is 0 Å². The molecule has 1 aliphatic carbocycles. The Hall–Kier alpha value is -3.37. The largest absolute Gasteiger partial charge is 0.472 e. The fraction of sp³-hybridized carbons (Fsp3) is 0.444. The number of carbonyl (C=O) groups is 1. The number of anilines is 1. The zero-order valence-corrected chi connectivity index (χ0v) is 20.2. The Kier molecular flexibility index (Phi) is 5.57. The molecule has 4 heterocycles. The van der Waals surface area contributed by atoms with Crippen LogP contribution in [0, 0.1) is 17.2 Å². The molecule has 0 bridgehead atoms. The zero-order chi connectivity index (χ0) is 24.0. The highest BCUT2D eigenvalue weighted by Crippen LogP contribution is 2.39. The van der Waals surface area contributed by atoms with Crippen LogP contribution in [0.15, 0.2) is 41.2 Å². The normalized spacial score (nSPS) is 21.1. The van der Waals surface area contributed by atoms with E-state index in [4.69, 9.17) is 14.1 Å². The third-order valence-corrected chi connectivity index (χ3v) is 7.06. The van der Waals surface area contributed by atoms with E-state index in [1.807, 2.05) is 11.0 Å². The maximum atomic E-state index is 13.1. The van der Waals surface area contributed by atoms with E-state index in [9.17, 15) is 10.1 Å². The van der Waals surface area contributed by atoms with Crippen molar-refractivity contribution < 1.29 is 13.9 Å². The molecule has 3 aliphatic rings. The smallest absolute Gasteiger partial charge is 0.257 e. The molecule has 5 rings (SSSR count). The highest BCUT2D eigenvalue weighted by Gasteiger charge is 2.37. The molecule has 7 nitrogen and oxygen atoms in total. The minimum Gasteiger partial charge on any atom is -0.472 e. The van der Waals surface area contributed by atoms with Gasteiger partial charge in [-0.2, -0.15) is 5.26 Å². The quantitative estimate of drug-likeness (QED) is 0.678. The number of pyridine rings is 1. The van der Waals surface area contributed by atoms with Gasteiger partial charge in [-0.15, -0.1) is 0 Å². The van der Waals surface area contributed by atoms with Crippen LogP contribution < -0.4 is 4.90 Å². The van der Waals surface area contributed by atoms with E-state index in [1.54, 1.807) is 6.07 Å². The first-order valence-corrected chi connectivity index (χ1v) is 11.9. The van der Waals surface area contributed by atoms with Crippen molar-refractivity contribution in [2.45, 2.75) is 52.4 Å². The molecule has 1 fully saturated rings. The molecular weight excluding hydrogens is 428 g/mol. The Bertz CT molecular complexity index is 1220. The van der Waals surface area contributed by atoms with Gasteiger partial charge in [-0.05, 0) is 31.4 Å². The van der Waals surface area contributed by atoms with Gasteiger partial charge in [0.25, 0.3) is 5.91 Å². The first kappa shape index (κ1) is 22.4. The van der Waals surface area contributed by atoms with E-state index in [1.165, 1.54) is 12.5 Å². The summed E-state index contributed by atoms with van der Waals surface area (Å²) in [5.74, 6) is 0.942. The van der Waals surface area contributed by atoms with Crippen molar-refractivity contribution in [3.8, 4) is 6.07 Å². The molecule has 0 spiro atoms. The lowest BCUT2D eigenvalue weighted by Gasteiger charge is -2.44. The van der Waals surface area contributed by atoms with Crippen molar-refractivity contribution in [2.75, 3.05) is 24.5 Å². The van der Waals surface area contributed by atoms with Crippen molar-refractivity contribution in [3.63, 3.8) is 0 Å². The average molecular weight is 459 g/mol. The molecule has 0 saturated carbocycles. The topological polar surface area (TPSA) is 82.6 Å². The van der Waals surface area contributed by atoms with Gasteiger partial charge >= 0.3 is 0 Å². The van der Waals surface area contributed by atoms with Gasteiger partial charge in [0.1, 0.15) is 18.2 Å². The highest BCUT2D eigenvalue weighted by molar-refractivity contribution is 5.94.